The van der Waals surface area contributed by atoms with Gasteiger partial charge in [0.1, 0.15) is 0 Å². The number of benzene rings is 1. The Hall–Kier alpha value is -0.520. The molecule has 0 aromatic heterocycles. The predicted octanol–water partition coefficient (Wildman–Crippen LogP) is 3.40. The van der Waals surface area contributed by atoms with E-state index in [0.717, 1.165) is 22.6 Å². The van der Waals surface area contributed by atoms with E-state index in [9.17, 15) is 4.79 Å². The Labute approximate surface area is 145 Å². The Morgan fingerprint density at radius 2 is 2.14 bits per heavy atom. The normalized spacial score (nSPS) is 23.6. The van der Waals surface area contributed by atoms with E-state index in [0.29, 0.717) is 5.92 Å². The molecule has 0 unspecified atom stereocenters. The molecular formula is C17H23BrN2OS. The molecular weight excluding hydrogens is 360 g/mol. The molecule has 0 aliphatic carbocycles. The van der Waals surface area contributed by atoms with E-state index in [2.05, 4.69) is 37.9 Å². The Morgan fingerprint density at radius 1 is 1.32 bits per heavy atom. The number of carbonyl (C=O) groups is 1. The molecule has 2 fully saturated rings. The van der Waals surface area contributed by atoms with Crippen molar-refractivity contribution in [2.75, 3.05) is 31.1 Å². The van der Waals surface area contributed by atoms with Gasteiger partial charge in [0.15, 0.2) is 0 Å². The highest BCUT2D eigenvalue weighted by Gasteiger charge is 2.27. The van der Waals surface area contributed by atoms with Crippen LogP contribution in [0.5, 0.6) is 0 Å². The van der Waals surface area contributed by atoms with Crippen molar-refractivity contribution in [2.24, 2.45) is 5.92 Å². The van der Waals surface area contributed by atoms with Gasteiger partial charge in [0.2, 0.25) is 0 Å². The van der Waals surface area contributed by atoms with E-state index in [4.69, 9.17) is 0 Å². The van der Waals surface area contributed by atoms with Crippen LogP contribution >= 0.6 is 27.7 Å². The summed E-state index contributed by atoms with van der Waals surface area (Å²) in [6, 6.07) is 8.38. The van der Waals surface area contributed by atoms with Gasteiger partial charge in [-0.25, -0.2) is 0 Å². The van der Waals surface area contributed by atoms with Gasteiger partial charge in [0, 0.05) is 28.4 Å². The summed E-state index contributed by atoms with van der Waals surface area (Å²) in [5.74, 6) is 3.30. The third-order valence-electron chi connectivity index (χ3n) is 4.71. The van der Waals surface area contributed by atoms with Crippen LogP contribution in [0.3, 0.4) is 0 Å². The van der Waals surface area contributed by atoms with Crippen LogP contribution < -0.4 is 5.32 Å². The minimum atomic E-state index is 0.0379. The van der Waals surface area contributed by atoms with E-state index in [1.807, 2.05) is 24.3 Å². The minimum Gasteiger partial charge on any atom is -0.352 e. The first kappa shape index (κ1) is 16.3. The second-order valence-corrected chi connectivity index (χ2v) is 8.28. The second-order valence-electron chi connectivity index (χ2n) is 6.22. The first-order valence-electron chi connectivity index (χ1n) is 8.08. The van der Waals surface area contributed by atoms with Crippen molar-refractivity contribution in [3.05, 3.63) is 34.3 Å². The third-order valence-corrected chi connectivity index (χ3v) is 6.35. The maximum atomic E-state index is 12.2. The van der Waals surface area contributed by atoms with Crippen molar-refractivity contribution in [3.63, 3.8) is 0 Å². The molecule has 5 heteroatoms. The van der Waals surface area contributed by atoms with Gasteiger partial charge in [-0.2, -0.15) is 11.8 Å². The molecule has 0 radical (unpaired) electrons. The highest BCUT2D eigenvalue weighted by Crippen LogP contribution is 2.26. The van der Waals surface area contributed by atoms with Crippen molar-refractivity contribution in [1.82, 2.24) is 10.2 Å². The van der Waals surface area contributed by atoms with Gasteiger partial charge in [-0.05, 0) is 62.2 Å². The number of hydrogen-bond donors (Lipinski definition) is 1. The molecule has 1 aromatic carbocycles. The van der Waals surface area contributed by atoms with Crippen molar-refractivity contribution in [1.29, 1.82) is 0 Å². The van der Waals surface area contributed by atoms with Crippen molar-refractivity contribution in [3.8, 4) is 0 Å². The molecule has 2 aliphatic rings. The topological polar surface area (TPSA) is 32.3 Å². The fraction of sp³-hybridized carbons (Fsp3) is 0.588. The number of likely N-dealkylation sites (tertiary alicyclic amines) is 1. The molecule has 0 bridgehead atoms. The molecule has 1 N–H and O–H groups in total. The standard InChI is InChI=1S/C17H23BrN2OS/c18-15-3-1-2-14(10-15)17(21)19-11-13-4-7-20(8-5-13)16-6-9-22-12-16/h1-3,10,13,16H,4-9,11-12H2,(H,19,21)/t16-/m1/s1. The predicted molar refractivity (Wildman–Crippen MR) is 96.5 cm³/mol. The average Bonchev–Trinajstić information content (AvgIpc) is 3.07. The fourth-order valence-corrected chi connectivity index (χ4v) is 4.96. The lowest BCUT2D eigenvalue weighted by molar-refractivity contribution is 0.0928. The Kier molecular flexibility index (Phi) is 5.83. The number of halogens is 1. The number of thioether (sulfide) groups is 1. The zero-order valence-corrected chi connectivity index (χ0v) is 15.2. The smallest absolute Gasteiger partial charge is 0.251 e. The lowest BCUT2D eigenvalue weighted by Crippen LogP contribution is -2.43. The van der Waals surface area contributed by atoms with Crippen LogP contribution in [0.2, 0.25) is 0 Å². The van der Waals surface area contributed by atoms with Crippen LogP contribution in [0.15, 0.2) is 28.7 Å². The van der Waals surface area contributed by atoms with Crippen molar-refractivity contribution >= 4 is 33.6 Å². The van der Waals surface area contributed by atoms with Crippen LogP contribution in [-0.2, 0) is 0 Å². The van der Waals surface area contributed by atoms with E-state index in [1.165, 1.54) is 43.9 Å². The highest BCUT2D eigenvalue weighted by atomic mass is 79.9. The number of hydrogen-bond acceptors (Lipinski definition) is 3. The van der Waals surface area contributed by atoms with Crippen LogP contribution in [0.1, 0.15) is 29.6 Å². The van der Waals surface area contributed by atoms with Crippen LogP contribution in [0.25, 0.3) is 0 Å². The Bertz CT molecular complexity index is 511. The molecule has 120 valence electrons. The second kappa shape index (κ2) is 7.84. The van der Waals surface area contributed by atoms with Crippen molar-refractivity contribution < 1.29 is 4.79 Å². The molecule has 0 spiro atoms. The molecule has 1 aromatic rings. The maximum absolute atomic E-state index is 12.2. The molecule has 3 rings (SSSR count). The van der Waals surface area contributed by atoms with Crippen LogP contribution in [0, 0.1) is 5.92 Å². The summed E-state index contributed by atoms with van der Waals surface area (Å²) in [4.78, 5) is 14.8. The highest BCUT2D eigenvalue weighted by molar-refractivity contribution is 9.10. The summed E-state index contributed by atoms with van der Waals surface area (Å²) in [5, 5.41) is 3.10. The number of amides is 1. The van der Waals surface area contributed by atoms with Gasteiger partial charge in [-0.3, -0.25) is 9.69 Å². The van der Waals surface area contributed by atoms with E-state index in [-0.39, 0.29) is 5.91 Å². The average molecular weight is 383 g/mol. The first-order valence-corrected chi connectivity index (χ1v) is 10.0. The molecule has 2 aliphatic heterocycles. The quantitative estimate of drug-likeness (QED) is 0.865. The summed E-state index contributed by atoms with van der Waals surface area (Å²) >= 11 is 5.50. The monoisotopic (exact) mass is 382 g/mol. The van der Waals surface area contributed by atoms with E-state index >= 15 is 0 Å². The lowest BCUT2D eigenvalue weighted by Gasteiger charge is -2.35. The number of nitrogens with zero attached hydrogens (tertiary/aromatic N) is 1. The van der Waals surface area contributed by atoms with Gasteiger partial charge in [-0.15, -0.1) is 0 Å². The zero-order valence-electron chi connectivity index (χ0n) is 12.8. The van der Waals surface area contributed by atoms with Gasteiger partial charge in [0.25, 0.3) is 5.91 Å². The number of piperidine rings is 1. The molecule has 3 nitrogen and oxygen atoms in total. The summed E-state index contributed by atoms with van der Waals surface area (Å²) in [7, 11) is 0. The van der Waals surface area contributed by atoms with E-state index in [1.54, 1.807) is 0 Å². The molecule has 0 saturated carbocycles. The van der Waals surface area contributed by atoms with Crippen LogP contribution in [0.4, 0.5) is 0 Å². The van der Waals surface area contributed by atoms with E-state index < -0.39 is 0 Å². The largest absolute Gasteiger partial charge is 0.352 e. The Balaban J connectivity index is 1.42. The fourth-order valence-electron chi connectivity index (χ4n) is 3.30. The first-order chi connectivity index (χ1) is 10.7. The zero-order chi connectivity index (χ0) is 15.4. The number of rotatable bonds is 4. The Morgan fingerprint density at radius 3 is 2.82 bits per heavy atom. The summed E-state index contributed by atoms with van der Waals surface area (Å²) < 4.78 is 0.947. The van der Waals surface area contributed by atoms with Gasteiger partial charge >= 0.3 is 0 Å². The van der Waals surface area contributed by atoms with Gasteiger partial charge in [-0.1, -0.05) is 22.0 Å². The molecule has 2 heterocycles. The SMILES string of the molecule is O=C(NCC1CCN([C@@H]2CCSC2)CC1)c1cccc(Br)c1. The van der Waals surface area contributed by atoms with Gasteiger partial charge < -0.3 is 5.32 Å². The van der Waals surface area contributed by atoms with Gasteiger partial charge in [0.05, 0.1) is 0 Å². The molecule has 1 atom stereocenters. The van der Waals surface area contributed by atoms with Crippen LogP contribution in [-0.4, -0.2) is 48.0 Å². The molecule has 1 amide bonds. The summed E-state index contributed by atoms with van der Waals surface area (Å²) in [6.45, 7) is 3.20. The minimum absolute atomic E-state index is 0.0379. The molecule has 22 heavy (non-hydrogen) atoms. The lowest BCUT2D eigenvalue weighted by atomic mass is 9.95. The maximum Gasteiger partial charge on any atom is 0.251 e. The summed E-state index contributed by atoms with van der Waals surface area (Å²) in [6.07, 6.45) is 3.77. The summed E-state index contributed by atoms with van der Waals surface area (Å²) in [5.41, 5.74) is 0.731. The van der Waals surface area contributed by atoms with Crippen molar-refractivity contribution in [2.45, 2.75) is 25.3 Å². The third kappa shape index (κ3) is 4.27. The molecule has 2 saturated heterocycles. The number of carbonyl (C=O) groups excluding carboxylic acids is 1. The number of nitrogens with one attached hydrogen (secondary N) is 1.